The van der Waals surface area contributed by atoms with E-state index >= 15 is 0 Å². The normalized spacial score (nSPS) is 15.7. The van der Waals surface area contributed by atoms with Gasteiger partial charge < -0.3 is 5.32 Å². The number of urea groups is 1. The zero-order valence-electron chi connectivity index (χ0n) is 7.46. The molecule has 0 bridgehead atoms. The topological polar surface area (TPSA) is 49.4 Å². The molecular formula is C9H6BrClN2O2. The first-order chi connectivity index (χ1) is 7.09. The molecule has 6 heteroatoms. The third-order valence-electron chi connectivity index (χ3n) is 1.99. The fourth-order valence-electron chi connectivity index (χ4n) is 1.32. The Morgan fingerprint density at radius 2 is 2.13 bits per heavy atom. The minimum absolute atomic E-state index is 0.0256. The summed E-state index contributed by atoms with van der Waals surface area (Å²) in [5.74, 6) is -0.289. The van der Waals surface area contributed by atoms with E-state index in [0.717, 1.165) is 4.90 Å². The highest BCUT2D eigenvalue weighted by atomic mass is 79.9. The molecule has 0 atom stereocenters. The second kappa shape index (κ2) is 3.83. The van der Waals surface area contributed by atoms with Crippen molar-refractivity contribution < 1.29 is 9.59 Å². The number of anilines is 1. The molecule has 2 rings (SSSR count). The number of hydrogen-bond acceptors (Lipinski definition) is 2. The van der Waals surface area contributed by atoms with Crippen LogP contribution in [0.1, 0.15) is 0 Å². The van der Waals surface area contributed by atoms with E-state index < -0.39 is 6.03 Å². The summed E-state index contributed by atoms with van der Waals surface area (Å²) in [5.41, 5.74) is 0.461. The van der Waals surface area contributed by atoms with Crippen molar-refractivity contribution in [1.29, 1.82) is 0 Å². The molecule has 15 heavy (non-hydrogen) atoms. The fourth-order valence-corrected chi connectivity index (χ4v) is 1.91. The van der Waals surface area contributed by atoms with Crippen LogP contribution < -0.4 is 10.2 Å². The van der Waals surface area contributed by atoms with Crippen LogP contribution in [-0.4, -0.2) is 18.5 Å². The van der Waals surface area contributed by atoms with E-state index in [4.69, 9.17) is 11.6 Å². The minimum Gasteiger partial charge on any atom is -0.328 e. The van der Waals surface area contributed by atoms with Gasteiger partial charge in [-0.3, -0.25) is 4.79 Å². The number of carbonyl (C=O) groups excluding carboxylic acids is 2. The first kappa shape index (κ1) is 10.4. The van der Waals surface area contributed by atoms with Gasteiger partial charge >= 0.3 is 6.03 Å². The number of imide groups is 1. The molecule has 1 N–H and O–H groups in total. The number of amides is 3. The van der Waals surface area contributed by atoms with Crippen molar-refractivity contribution in [2.75, 3.05) is 11.4 Å². The number of rotatable bonds is 1. The van der Waals surface area contributed by atoms with Gasteiger partial charge in [-0.2, -0.15) is 0 Å². The van der Waals surface area contributed by atoms with E-state index in [1.165, 1.54) is 0 Å². The van der Waals surface area contributed by atoms with Crippen LogP contribution >= 0.6 is 27.5 Å². The first-order valence-electron chi connectivity index (χ1n) is 4.15. The van der Waals surface area contributed by atoms with Crippen molar-refractivity contribution in [3.63, 3.8) is 0 Å². The van der Waals surface area contributed by atoms with Crippen molar-refractivity contribution >= 4 is 45.2 Å². The monoisotopic (exact) mass is 288 g/mol. The lowest BCUT2D eigenvalue weighted by molar-refractivity contribution is -0.115. The SMILES string of the molecule is O=C1CNC(=O)N1c1cc(Cl)ccc1Br. The second-order valence-electron chi connectivity index (χ2n) is 2.98. The minimum atomic E-state index is -0.428. The highest BCUT2D eigenvalue weighted by molar-refractivity contribution is 9.10. The van der Waals surface area contributed by atoms with Gasteiger partial charge in [0.15, 0.2) is 0 Å². The smallest absolute Gasteiger partial charge is 0.328 e. The summed E-state index contributed by atoms with van der Waals surface area (Å²) in [5, 5.41) is 2.91. The lowest BCUT2D eigenvalue weighted by atomic mass is 10.3. The number of benzene rings is 1. The lowest BCUT2D eigenvalue weighted by Gasteiger charge is -2.14. The van der Waals surface area contributed by atoms with Gasteiger partial charge in [-0.05, 0) is 34.1 Å². The predicted molar refractivity (Wildman–Crippen MR) is 60.0 cm³/mol. The van der Waals surface area contributed by atoms with Crippen LogP contribution in [0.2, 0.25) is 5.02 Å². The van der Waals surface area contributed by atoms with E-state index in [-0.39, 0.29) is 12.5 Å². The first-order valence-corrected chi connectivity index (χ1v) is 5.32. The van der Waals surface area contributed by atoms with Gasteiger partial charge in [0.05, 0.1) is 12.2 Å². The molecule has 0 unspecified atom stereocenters. The number of nitrogens with one attached hydrogen (secondary N) is 1. The Kier molecular flexibility index (Phi) is 2.67. The van der Waals surface area contributed by atoms with Crippen LogP contribution in [0.4, 0.5) is 10.5 Å². The summed E-state index contributed by atoms with van der Waals surface area (Å²) >= 11 is 9.06. The standard InChI is InChI=1S/C9H6BrClN2O2/c10-6-2-1-5(11)3-7(6)13-8(14)4-12-9(13)15/h1-3H,4H2,(H,12,15). The Labute approximate surface area is 99.3 Å². The third kappa shape index (κ3) is 1.85. The molecular weight excluding hydrogens is 283 g/mol. The number of halogens is 2. The summed E-state index contributed by atoms with van der Waals surface area (Å²) < 4.78 is 0.650. The van der Waals surface area contributed by atoms with Crippen LogP contribution in [-0.2, 0) is 4.79 Å². The van der Waals surface area contributed by atoms with Crippen LogP contribution in [0.25, 0.3) is 0 Å². The highest BCUT2D eigenvalue weighted by Gasteiger charge is 2.31. The summed E-state index contributed by atoms with van der Waals surface area (Å²) in [7, 11) is 0. The molecule has 0 radical (unpaired) electrons. The Morgan fingerprint density at radius 1 is 1.40 bits per heavy atom. The molecule has 0 spiro atoms. The van der Waals surface area contributed by atoms with Crippen LogP contribution in [0.3, 0.4) is 0 Å². The van der Waals surface area contributed by atoms with Crippen molar-refractivity contribution in [2.45, 2.75) is 0 Å². The summed E-state index contributed by atoms with van der Waals surface area (Å²) in [6.45, 7) is 0.0256. The molecule has 1 saturated heterocycles. The van der Waals surface area contributed by atoms with Gasteiger partial charge in [0.25, 0.3) is 5.91 Å². The Hall–Kier alpha value is -1.07. The summed E-state index contributed by atoms with van der Waals surface area (Å²) in [4.78, 5) is 23.9. The second-order valence-corrected chi connectivity index (χ2v) is 4.27. The third-order valence-corrected chi connectivity index (χ3v) is 2.90. The van der Waals surface area contributed by atoms with E-state index in [0.29, 0.717) is 15.2 Å². The largest absolute Gasteiger partial charge is 0.329 e. The van der Waals surface area contributed by atoms with Crippen LogP contribution in [0.5, 0.6) is 0 Å². The van der Waals surface area contributed by atoms with Gasteiger partial charge in [0.1, 0.15) is 0 Å². The molecule has 0 saturated carbocycles. The van der Waals surface area contributed by atoms with Crippen molar-refractivity contribution in [1.82, 2.24) is 5.32 Å². The number of hydrogen-bond donors (Lipinski definition) is 1. The fraction of sp³-hybridized carbons (Fsp3) is 0.111. The highest BCUT2D eigenvalue weighted by Crippen LogP contribution is 2.30. The molecule has 1 aromatic carbocycles. The van der Waals surface area contributed by atoms with Crippen molar-refractivity contribution in [3.8, 4) is 0 Å². The quantitative estimate of drug-likeness (QED) is 0.806. The molecule has 3 amide bonds. The van der Waals surface area contributed by atoms with E-state index in [9.17, 15) is 9.59 Å². The maximum Gasteiger partial charge on any atom is 0.329 e. The van der Waals surface area contributed by atoms with E-state index in [1.54, 1.807) is 18.2 Å². The van der Waals surface area contributed by atoms with Crippen molar-refractivity contribution in [2.24, 2.45) is 0 Å². The van der Waals surface area contributed by atoms with Gasteiger partial charge in [-0.15, -0.1) is 0 Å². The molecule has 0 aliphatic carbocycles. The van der Waals surface area contributed by atoms with Crippen LogP contribution in [0.15, 0.2) is 22.7 Å². The molecule has 0 aromatic heterocycles. The zero-order chi connectivity index (χ0) is 11.0. The van der Waals surface area contributed by atoms with Crippen molar-refractivity contribution in [3.05, 3.63) is 27.7 Å². The summed E-state index contributed by atoms with van der Waals surface area (Å²) in [6, 6.07) is 4.50. The predicted octanol–water partition coefficient (Wildman–Crippen LogP) is 2.16. The molecule has 1 aliphatic rings. The summed E-state index contributed by atoms with van der Waals surface area (Å²) in [6.07, 6.45) is 0. The Balaban J connectivity index is 2.48. The molecule has 78 valence electrons. The Morgan fingerprint density at radius 3 is 2.73 bits per heavy atom. The van der Waals surface area contributed by atoms with E-state index in [2.05, 4.69) is 21.2 Å². The van der Waals surface area contributed by atoms with Gasteiger partial charge in [0, 0.05) is 9.50 Å². The van der Waals surface area contributed by atoms with E-state index in [1.807, 2.05) is 0 Å². The van der Waals surface area contributed by atoms with Gasteiger partial charge in [-0.25, -0.2) is 9.69 Å². The maximum atomic E-state index is 11.4. The molecule has 1 heterocycles. The van der Waals surface area contributed by atoms with Gasteiger partial charge in [-0.1, -0.05) is 11.6 Å². The number of carbonyl (C=O) groups is 2. The average Bonchev–Trinajstić information content (AvgIpc) is 2.51. The molecule has 4 nitrogen and oxygen atoms in total. The van der Waals surface area contributed by atoms with Gasteiger partial charge in [0.2, 0.25) is 0 Å². The lowest BCUT2D eigenvalue weighted by Crippen LogP contribution is -2.30. The zero-order valence-corrected chi connectivity index (χ0v) is 9.80. The average molecular weight is 290 g/mol. The van der Waals surface area contributed by atoms with Crippen LogP contribution in [0, 0.1) is 0 Å². The Bertz CT molecular complexity index is 434. The maximum absolute atomic E-state index is 11.4. The molecule has 1 aliphatic heterocycles. The number of nitrogens with zero attached hydrogens (tertiary/aromatic N) is 1. The molecule has 1 fully saturated rings. The molecule has 1 aromatic rings.